The molecule has 1 rings (SSSR count). The second kappa shape index (κ2) is 16.0. The Labute approximate surface area is 121 Å². The van der Waals surface area contributed by atoms with E-state index in [1.165, 1.54) is 5.56 Å². The fraction of sp³-hybridized carbons (Fsp3) is 0.375. The quantitative estimate of drug-likeness (QED) is 0.492. The van der Waals surface area contributed by atoms with E-state index in [1.54, 1.807) is 0 Å². The van der Waals surface area contributed by atoms with Gasteiger partial charge < -0.3 is 5.73 Å². The van der Waals surface area contributed by atoms with Crippen molar-refractivity contribution in [1.29, 1.82) is 0 Å². The molecule has 0 atom stereocenters. The lowest BCUT2D eigenvalue weighted by molar-refractivity contribution is 0.870. The second-order valence-corrected chi connectivity index (χ2v) is 4.13. The molecule has 0 aromatic heterocycles. The van der Waals surface area contributed by atoms with E-state index < -0.39 is 0 Å². The molecule has 2 N–H and O–H groups in total. The van der Waals surface area contributed by atoms with E-state index in [1.807, 2.05) is 32.1 Å². The third kappa shape index (κ3) is 13.0. The zero-order valence-corrected chi connectivity index (χ0v) is 13.0. The highest BCUT2D eigenvalue weighted by Gasteiger charge is 1.87. The molecule has 2 heteroatoms. The topological polar surface area (TPSA) is 26.0 Å². The van der Waals surface area contributed by atoms with Gasteiger partial charge in [0, 0.05) is 10.9 Å². The normalized spacial score (nSPS) is 7.94. The van der Waals surface area contributed by atoms with E-state index in [4.69, 9.17) is 12.2 Å². The molecule has 0 fully saturated rings. The van der Waals surface area contributed by atoms with Gasteiger partial charge in [0.25, 0.3) is 0 Å². The van der Waals surface area contributed by atoms with Gasteiger partial charge in [0.1, 0.15) is 0 Å². The van der Waals surface area contributed by atoms with Crippen molar-refractivity contribution in [1.82, 2.24) is 0 Å². The zero-order chi connectivity index (χ0) is 14.2. The van der Waals surface area contributed by atoms with Gasteiger partial charge in [-0.05, 0) is 37.1 Å². The fourth-order valence-corrected chi connectivity index (χ4v) is 1.26. The second-order valence-electron chi connectivity index (χ2n) is 3.22. The summed E-state index contributed by atoms with van der Waals surface area (Å²) in [5, 5.41) is 0. The first-order chi connectivity index (χ1) is 8.74. The Morgan fingerprint density at radius 3 is 2.22 bits per heavy atom. The largest absolute Gasteiger partial charge is 0.330 e. The number of allylic oxidation sites excluding steroid dienone is 1. The Bertz CT molecular complexity index is 322. The van der Waals surface area contributed by atoms with Crippen molar-refractivity contribution < 1.29 is 0 Å². The van der Waals surface area contributed by atoms with Crippen molar-refractivity contribution in [2.45, 2.75) is 33.1 Å². The van der Waals surface area contributed by atoms with Crippen LogP contribution in [0.3, 0.4) is 0 Å². The number of terminal acetylenes is 1. The van der Waals surface area contributed by atoms with E-state index in [0.29, 0.717) is 6.54 Å². The molecule has 0 aliphatic heterocycles. The van der Waals surface area contributed by atoms with Crippen molar-refractivity contribution in [2.75, 3.05) is 6.54 Å². The number of rotatable bonds is 4. The van der Waals surface area contributed by atoms with Gasteiger partial charge in [0.15, 0.2) is 0 Å². The number of hydrogen-bond acceptors (Lipinski definition) is 1. The third-order valence-electron chi connectivity index (χ3n) is 1.82. The van der Waals surface area contributed by atoms with Crippen molar-refractivity contribution in [2.24, 2.45) is 5.73 Å². The summed E-state index contributed by atoms with van der Waals surface area (Å²) in [5.41, 5.74) is 6.42. The number of nitrogens with two attached hydrogens (primary N) is 1. The van der Waals surface area contributed by atoms with Crippen molar-refractivity contribution in [3.05, 3.63) is 47.0 Å². The summed E-state index contributed by atoms with van der Waals surface area (Å²) in [6.45, 7) is 8.38. The van der Waals surface area contributed by atoms with Crippen LogP contribution in [0.15, 0.2) is 41.4 Å². The summed E-state index contributed by atoms with van der Waals surface area (Å²) in [5.74, 6) is 2.49. The molecule has 0 spiro atoms. The predicted molar refractivity (Wildman–Crippen MR) is 86.5 cm³/mol. The minimum Gasteiger partial charge on any atom is -0.330 e. The van der Waals surface area contributed by atoms with Crippen LogP contribution in [-0.4, -0.2) is 6.54 Å². The lowest BCUT2D eigenvalue weighted by atomic mass is 10.2. The summed E-state index contributed by atoms with van der Waals surface area (Å²) >= 11 is 3.37. The third-order valence-corrected chi connectivity index (χ3v) is 2.35. The van der Waals surface area contributed by atoms with Gasteiger partial charge in [0.05, 0.1) is 0 Å². The average Bonchev–Trinajstić information content (AvgIpc) is 2.42. The van der Waals surface area contributed by atoms with Gasteiger partial charge in [-0.2, -0.15) is 0 Å². The molecule has 0 aliphatic rings. The molecule has 1 aromatic carbocycles. The molecular weight excluding hydrogens is 286 g/mol. The van der Waals surface area contributed by atoms with Crippen molar-refractivity contribution >= 4 is 15.9 Å². The Morgan fingerprint density at radius 1 is 1.33 bits per heavy atom. The molecule has 0 saturated heterocycles. The maximum atomic E-state index is 5.12. The maximum absolute atomic E-state index is 5.12. The van der Waals surface area contributed by atoms with Crippen LogP contribution in [0.5, 0.6) is 0 Å². The Morgan fingerprint density at radius 2 is 1.89 bits per heavy atom. The molecule has 0 radical (unpaired) electrons. The minimum absolute atomic E-state index is 0.712. The molecule has 1 nitrogen and oxygen atoms in total. The van der Waals surface area contributed by atoms with Gasteiger partial charge >= 0.3 is 0 Å². The SMILES string of the molecule is C#CCCCN.C=CCc1ccc(Br)cc1.CC. The van der Waals surface area contributed by atoms with Crippen LogP contribution in [0.25, 0.3) is 0 Å². The van der Waals surface area contributed by atoms with Crippen LogP contribution in [-0.2, 0) is 6.42 Å². The lowest BCUT2D eigenvalue weighted by Gasteiger charge is -1.94. The summed E-state index contributed by atoms with van der Waals surface area (Å²) in [6.07, 6.45) is 9.54. The highest BCUT2D eigenvalue weighted by molar-refractivity contribution is 9.10. The van der Waals surface area contributed by atoms with E-state index in [-0.39, 0.29) is 0 Å². The molecule has 1 aromatic rings. The van der Waals surface area contributed by atoms with Gasteiger partial charge in [-0.15, -0.1) is 18.9 Å². The van der Waals surface area contributed by atoms with E-state index in [2.05, 4.69) is 40.6 Å². The maximum Gasteiger partial charge on any atom is 0.0175 e. The first-order valence-electron chi connectivity index (χ1n) is 6.23. The first kappa shape index (κ1) is 19.3. The molecule has 0 unspecified atom stereocenters. The van der Waals surface area contributed by atoms with Gasteiger partial charge in [0.2, 0.25) is 0 Å². The molecule has 0 bridgehead atoms. The Balaban J connectivity index is 0. The highest BCUT2D eigenvalue weighted by Crippen LogP contribution is 2.10. The summed E-state index contributed by atoms with van der Waals surface area (Å²) in [6, 6.07) is 8.26. The van der Waals surface area contributed by atoms with Crippen LogP contribution in [0.1, 0.15) is 32.3 Å². The fourth-order valence-electron chi connectivity index (χ4n) is 0.991. The van der Waals surface area contributed by atoms with E-state index in [0.717, 1.165) is 23.7 Å². The van der Waals surface area contributed by atoms with Gasteiger partial charge in [-0.25, -0.2) is 0 Å². The van der Waals surface area contributed by atoms with Crippen LogP contribution >= 0.6 is 15.9 Å². The Kier molecular flexibility index (Phi) is 17.1. The minimum atomic E-state index is 0.712. The summed E-state index contributed by atoms with van der Waals surface area (Å²) in [4.78, 5) is 0. The smallest absolute Gasteiger partial charge is 0.0175 e. The van der Waals surface area contributed by atoms with Gasteiger partial charge in [-0.3, -0.25) is 0 Å². The van der Waals surface area contributed by atoms with Crippen LogP contribution in [0.2, 0.25) is 0 Å². The van der Waals surface area contributed by atoms with E-state index in [9.17, 15) is 0 Å². The highest BCUT2D eigenvalue weighted by atomic mass is 79.9. The zero-order valence-electron chi connectivity index (χ0n) is 11.5. The van der Waals surface area contributed by atoms with Crippen molar-refractivity contribution in [3.63, 3.8) is 0 Å². The van der Waals surface area contributed by atoms with Gasteiger partial charge in [-0.1, -0.05) is 48.0 Å². The first-order valence-corrected chi connectivity index (χ1v) is 7.02. The molecule has 0 saturated carbocycles. The van der Waals surface area contributed by atoms with Crippen LogP contribution < -0.4 is 5.73 Å². The number of unbranched alkanes of at least 4 members (excludes halogenated alkanes) is 1. The molecule has 0 heterocycles. The monoisotopic (exact) mass is 309 g/mol. The molecule has 18 heavy (non-hydrogen) atoms. The molecule has 0 aliphatic carbocycles. The molecular formula is C16H24BrN. The predicted octanol–water partition coefficient (Wildman–Crippen LogP) is 4.56. The standard InChI is InChI=1S/C9H9Br.C5H9N.C2H6/c1-2-3-8-4-6-9(10)7-5-8;1-2-3-4-5-6;1-2/h2,4-7H,1,3H2;1H,3-6H2;1-2H3. The van der Waals surface area contributed by atoms with Crippen LogP contribution in [0, 0.1) is 12.3 Å². The number of benzene rings is 1. The van der Waals surface area contributed by atoms with Crippen LogP contribution in [0.4, 0.5) is 0 Å². The molecule has 100 valence electrons. The Hall–Kier alpha value is -1.04. The van der Waals surface area contributed by atoms with E-state index >= 15 is 0 Å². The lowest BCUT2D eigenvalue weighted by Crippen LogP contribution is -1.96. The number of hydrogen-bond donors (Lipinski definition) is 1. The molecule has 0 amide bonds. The summed E-state index contributed by atoms with van der Waals surface area (Å²) < 4.78 is 1.13. The summed E-state index contributed by atoms with van der Waals surface area (Å²) in [7, 11) is 0. The number of halogens is 1. The average molecular weight is 310 g/mol. The van der Waals surface area contributed by atoms with Crippen molar-refractivity contribution in [3.8, 4) is 12.3 Å².